The number of aliphatic carboxylic acids is 1. The first kappa shape index (κ1) is 19.2. The Morgan fingerprint density at radius 1 is 0.769 bits per heavy atom. The first-order valence-electron chi connectivity index (χ1n) is 8.18. The van der Waals surface area contributed by atoms with Crippen LogP contribution in [0.4, 0.5) is 17.1 Å². The lowest BCUT2D eigenvalue weighted by Gasteiger charge is -2.25. The molecule has 0 saturated carbocycles. The van der Waals surface area contributed by atoms with E-state index in [4.69, 9.17) is 15.9 Å². The molecule has 4 N–H and O–H groups in total. The fourth-order valence-corrected chi connectivity index (χ4v) is 2.26. The summed E-state index contributed by atoms with van der Waals surface area (Å²) in [6.45, 7) is -0.505. The Hall–Kier alpha value is -3.15. The highest BCUT2D eigenvalue weighted by Gasteiger charge is 2.10. The van der Waals surface area contributed by atoms with Gasteiger partial charge in [-0.05, 0) is 36.4 Å². The van der Waals surface area contributed by atoms with Gasteiger partial charge in [0.05, 0.1) is 6.61 Å². The van der Waals surface area contributed by atoms with E-state index in [2.05, 4.69) is 77.7 Å². The monoisotopic (exact) mass is 350 g/mol. The van der Waals surface area contributed by atoms with Gasteiger partial charge in [0.15, 0.2) is 0 Å². The van der Waals surface area contributed by atoms with Crippen molar-refractivity contribution in [3.8, 4) is 0 Å². The molecule has 26 heavy (non-hydrogen) atoms. The highest BCUT2D eigenvalue weighted by Crippen LogP contribution is 2.33. The molecular formula is C21H22N2O3. The van der Waals surface area contributed by atoms with Gasteiger partial charge in [0.25, 0.3) is 0 Å². The normalized spacial score (nSPS) is 11.0. The predicted molar refractivity (Wildman–Crippen MR) is 104 cm³/mol. The molecule has 0 aliphatic carbocycles. The summed E-state index contributed by atoms with van der Waals surface area (Å²) in [6, 6.07) is 30.1. The largest absolute Gasteiger partial charge is 0.480 e. The van der Waals surface area contributed by atoms with Gasteiger partial charge in [-0.2, -0.15) is 0 Å². The summed E-state index contributed by atoms with van der Waals surface area (Å²) in [5, 5.41) is 15.9. The van der Waals surface area contributed by atoms with E-state index in [9.17, 15) is 4.79 Å². The van der Waals surface area contributed by atoms with Gasteiger partial charge in [0, 0.05) is 17.1 Å². The first-order valence-corrected chi connectivity index (χ1v) is 8.18. The molecule has 134 valence electrons. The molecule has 0 amide bonds. The lowest BCUT2D eigenvalue weighted by atomic mass is 10.2. The number of aliphatic hydroxyl groups excluding tert-OH is 1. The summed E-state index contributed by atoms with van der Waals surface area (Å²) >= 11 is 0. The zero-order valence-electron chi connectivity index (χ0n) is 14.3. The summed E-state index contributed by atoms with van der Waals surface area (Å²) in [5.74, 6) is -1.18. The summed E-state index contributed by atoms with van der Waals surface area (Å²) in [5.41, 5.74) is 8.27. The van der Waals surface area contributed by atoms with Gasteiger partial charge in [-0.3, -0.25) is 4.79 Å². The topological polar surface area (TPSA) is 86.8 Å². The molecule has 0 unspecified atom stereocenters. The molecule has 0 aliphatic heterocycles. The van der Waals surface area contributed by atoms with Gasteiger partial charge in [-0.25, -0.2) is 0 Å². The summed E-state index contributed by atoms with van der Waals surface area (Å²) in [6.07, 6.45) is 0. The Morgan fingerprint density at radius 3 is 1.27 bits per heavy atom. The Balaban J connectivity index is 0.000000298. The van der Waals surface area contributed by atoms with Gasteiger partial charge in [0.1, 0.15) is 6.04 Å². The number of carbonyl (C=O) groups is 1. The van der Waals surface area contributed by atoms with E-state index >= 15 is 0 Å². The Morgan fingerprint density at radius 2 is 1.08 bits per heavy atom. The van der Waals surface area contributed by atoms with E-state index in [0.717, 1.165) is 0 Å². The molecule has 0 radical (unpaired) electrons. The fourth-order valence-electron chi connectivity index (χ4n) is 2.26. The zero-order valence-corrected chi connectivity index (χ0v) is 14.3. The maximum atomic E-state index is 9.65. The second-order valence-corrected chi connectivity index (χ2v) is 5.47. The van der Waals surface area contributed by atoms with E-state index in [-0.39, 0.29) is 0 Å². The van der Waals surface area contributed by atoms with Gasteiger partial charge in [-0.15, -0.1) is 0 Å². The van der Waals surface area contributed by atoms with Crippen LogP contribution in [0.5, 0.6) is 0 Å². The second kappa shape index (κ2) is 9.98. The molecule has 0 aliphatic rings. The number of nitrogens with zero attached hydrogens (tertiary/aromatic N) is 1. The lowest BCUT2D eigenvalue weighted by molar-refractivity contribution is -0.139. The molecule has 3 aromatic carbocycles. The number of nitrogens with two attached hydrogens (primary N) is 1. The average molecular weight is 350 g/mol. The molecule has 5 heteroatoms. The van der Waals surface area contributed by atoms with Crippen molar-refractivity contribution in [3.05, 3.63) is 91.0 Å². The van der Waals surface area contributed by atoms with Crippen LogP contribution in [0, 0.1) is 0 Å². The van der Waals surface area contributed by atoms with E-state index in [1.54, 1.807) is 0 Å². The van der Waals surface area contributed by atoms with Crippen molar-refractivity contribution >= 4 is 23.0 Å². The van der Waals surface area contributed by atoms with Crippen LogP contribution >= 0.6 is 0 Å². The number of benzene rings is 3. The van der Waals surface area contributed by atoms with Crippen molar-refractivity contribution in [1.82, 2.24) is 0 Å². The first-order chi connectivity index (χ1) is 12.6. The van der Waals surface area contributed by atoms with Crippen LogP contribution in [0.15, 0.2) is 91.0 Å². The molecular weight excluding hydrogens is 328 g/mol. The predicted octanol–water partition coefficient (Wildman–Crippen LogP) is 3.55. The molecule has 0 bridgehead atoms. The number of rotatable bonds is 5. The Kier molecular flexibility index (Phi) is 7.36. The van der Waals surface area contributed by atoms with Crippen LogP contribution in [0.25, 0.3) is 0 Å². The minimum absolute atomic E-state index is 0.505. The highest BCUT2D eigenvalue weighted by atomic mass is 16.4. The third-order valence-electron chi connectivity index (χ3n) is 3.56. The van der Waals surface area contributed by atoms with Crippen molar-refractivity contribution < 1.29 is 15.0 Å². The zero-order chi connectivity index (χ0) is 18.8. The van der Waals surface area contributed by atoms with E-state index < -0.39 is 18.6 Å². The highest BCUT2D eigenvalue weighted by molar-refractivity contribution is 5.76. The molecule has 0 heterocycles. The van der Waals surface area contributed by atoms with Crippen LogP contribution in [-0.4, -0.2) is 28.8 Å². The van der Waals surface area contributed by atoms with Crippen LogP contribution in [0.2, 0.25) is 0 Å². The molecule has 0 fully saturated rings. The quantitative estimate of drug-likeness (QED) is 0.655. The Bertz CT molecular complexity index is 686. The molecule has 0 saturated heterocycles. The third kappa shape index (κ3) is 5.44. The minimum Gasteiger partial charge on any atom is -0.480 e. The van der Waals surface area contributed by atoms with Gasteiger partial charge in [0.2, 0.25) is 0 Å². The number of anilines is 3. The van der Waals surface area contributed by atoms with Crippen LogP contribution in [0.3, 0.4) is 0 Å². The summed E-state index contributed by atoms with van der Waals surface area (Å²) < 4.78 is 0. The molecule has 3 rings (SSSR count). The van der Waals surface area contributed by atoms with Crippen LogP contribution in [-0.2, 0) is 4.79 Å². The number of carboxylic acids is 1. The number of hydrogen-bond donors (Lipinski definition) is 3. The summed E-state index contributed by atoms with van der Waals surface area (Å²) in [4.78, 5) is 11.9. The second-order valence-electron chi connectivity index (χ2n) is 5.47. The maximum Gasteiger partial charge on any atom is 0.322 e. The standard InChI is InChI=1S/C18H15N.C3H7NO3/c1-4-10-16(11-5-1)19(17-12-6-2-7-13-17)18-14-8-3-9-15-18;4-2(1-5)3(6)7/h1-15H;2,5H,1,4H2,(H,6,7)/t;2-/m.0/s1. The number of carboxylic acid groups (broad SMARTS) is 1. The SMILES string of the molecule is N[C@@H](CO)C(=O)O.c1ccc(N(c2ccccc2)c2ccccc2)cc1. The van der Waals surface area contributed by atoms with Gasteiger partial charge >= 0.3 is 5.97 Å². The lowest BCUT2D eigenvalue weighted by Crippen LogP contribution is -2.33. The third-order valence-corrected chi connectivity index (χ3v) is 3.56. The fraction of sp³-hybridized carbons (Fsp3) is 0.0952. The maximum absolute atomic E-state index is 9.65. The summed E-state index contributed by atoms with van der Waals surface area (Å²) in [7, 11) is 0. The molecule has 5 nitrogen and oxygen atoms in total. The molecule has 0 spiro atoms. The van der Waals surface area contributed by atoms with Crippen molar-refractivity contribution in [2.45, 2.75) is 6.04 Å². The van der Waals surface area contributed by atoms with Crippen LogP contribution < -0.4 is 10.6 Å². The molecule has 3 aromatic rings. The number of aliphatic hydroxyl groups is 1. The molecule has 0 aromatic heterocycles. The average Bonchev–Trinajstić information content (AvgIpc) is 2.70. The number of hydrogen-bond acceptors (Lipinski definition) is 4. The number of para-hydroxylation sites is 3. The van der Waals surface area contributed by atoms with E-state index in [1.807, 2.05) is 18.2 Å². The van der Waals surface area contributed by atoms with Gasteiger partial charge in [-0.1, -0.05) is 54.6 Å². The smallest absolute Gasteiger partial charge is 0.322 e. The van der Waals surface area contributed by atoms with Crippen molar-refractivity contribution in [2.24, 2.45) is 5.73 Å². The Labute approximate surface area is 152 Å². The van der Waals surface area contributed by atoms with Crippen molar-refractivity contribution in [2.75, 3.05) is 11.5 Å². The minimum atomic E-state index is -1.18. The van der Waals surface area contributed by atoms with E-state index in [0.29, 0.717) is 0 Å². The van der Waals surface area contributed by atoms with Crippen molar-refractivity contribution in [3.63, 3.8) is 0 Å². The van der Waals surface area contributed by atoms with E-state index in [1.165, 1.54) is 17.1 Å². The van der Waals surface area contributed by atoms with Gasteiger partial charge < -0.3 is 20.8 Å². The van der Waals surface area contributed by atoms with Crippen LogP contribution in [0.1, 0.15) is 0 Å². The van der Waals surface area contributed by atoms with Crippen molar-refractivity contribution in [1.29, 1.82) is 0 Å². The molecule has 1 atom stereocenters.